The van der Waals surface area contributed by atoms with Crippen molar-refractivity contribution in [2.75, 3.05) is 33.2 Å². The highest BCUT2D eigenvalue weighted by Gasteiger charge is 2.15. The summed E-state index contributed by atoms with van der Waals surface area (Å²) in [5, 5.41) is 10.3. The molecule has 172 valence electrons. The Kier molecular flexibility index (Phi) is 7.00. The number of aromatic nitrogens is 3. The Balaban J connectivity index is 1.47. The van der Waals surface area contributed by atoms with Gasteiger partial charge in [-0.25, -0.2) is 4.52 Å². The topological polar surface area (TPSA) is 91.6 Å². The van der Waals surface area contributed by atoms with Gasteiger partial charge in [0.2, 0.25) is 4.96 Å². The average molecular weight is 465 g/mol. The second kappa shape index (κ2) is 10.1. The number of amides is 2. The van der Waals surface area contributed by atoms with E-state index in [0.717, 1.165) is 46.8 Å². The molecular weight excluding hydrogens is 436 g/mol. The number of carbonyl (C=O) groups excluding carboxylic acids is 2. The molecule has 2 amide bonds. The quantitative estimate of drug-likeness (QED) is 0.370. The van der Waals surface area contributed by atoms with Gasteiger partial charge in [0.15, 0.2) is 5.82 Å². The monoisotopic (exact) mass is 464 g/mol. The summed E-state index contributed by atoms with van der Waals surface area (Å²) in [6.45, 7) is 7.99. The smallest absolute Gasteiger partial charge is 0.251 e. The fourth-order valence-corrected chi connectivity index (χ4v) is 4.71. The van der Waals surface area contributed by atoms with Crippen LogP contribution in [-0.4, -0.2) is 64.5 Å². The predicted octanol–water partition coefficient (Wildman–Crippen LogP) is 3.43. The van der Waals surface area contributed by atoms with Crippen molar-refractivity contribution in [1.82, 2.24) is 30.1 Å². The molecule has 0 atom stereocenters. The summed E-state index contributed by atoms with van der Waals surface area (Å²) in [6, 6.07) is 12.8. The first-order valence-corrected chi connectivity index (χ1v) is 12.0. The molecule has 2 aromatic heterocycles. The molecule has 0 saturated carbocycles. The molecular formula is C24H28N6O2S. The highest BCUT2D eigenvalue weighted by atomic mass is 32.1. The van der Waals surface area contributed by atoms with Gasteiger partial charge in [0.25, 0.3) is 11.8 Å². The van der Waals surface area contributed by atoms with Crippen LogP contribution in [-0.2, 0) is 0 Å². The van der Waals surface area contributed by atoms with Gasteiger partial charge in [0, 0.05) is 30.3 Å². The van der Waals surface area contributed by atoms with Crippen LogP contribution in [0.5, 0.6) is 0 Å². The van der Waals surface area contributed by atoms with Gasteiger partial charge < -0.3 is 15.5 Å². The van der Waals surface area contributed by atoms with Gasteiger partial charge >= 0.3 is 0 Å². The number of nitrogens with zero attached hydrogens (tertiary/aromatic N) is 4. The van der Waals surface area contributed by atoms with Crippen molar-refractivity contribution in [2.45, 2.75) is 20.3 Å². The zero-order chi connectivity index (χ0) is 23.4. The van der Waals surface area contributed by atoms with E-state index in [4.69, 9.17) is 0 Å². The molecule has 2 N–H and O–H groups in total. The van der Waals surface area contributed by atoms with Gasteiger partial charge in [-0.2, -0.15) is 4.98 Å². The van der Waals surface area contributed by atoms with E-state index >= 15 is 0 Å². The van der Waals surface area contributed by atoms with Gasteiger partial charge in [-0.3, -0.25) is 9.59 Å². The first-order valence-electron chi connectivity index (χ1n) is 11.2. The summed E-state index contributed by atoms with van der Waals surface area (Å²) >= 11 is 1.50. The Morgan fingerprint density at radius 2 is 1.76 bits per heavy atom. The fraction of sp³-hybridized carbons (Fsp3) is 0.333. The molecule has 0 bridgehead atoms. The number of hydrogen-bond acceptors (Lipinski definition) is 6. The summed E-state index contributed by atoms with van der Waals surface area (Å²) < 4.78 is 2.76. The van der Waals surface area contributed by atoms with Gasteiger partial charge in [-0.05, 0) is 56.4 Å². The molecule has 0 spiro atoms. The number of thiazole rings is 1. The largest absolute Gasteiger partial charge is 0.355 e. The Labute approximate surface area is 196 Å². The van der Waals surface area contributed by atoms with E-state index < -0.39 is 0 Å². The van der Waals surface area contributed by atoms with Crippen LogP contribution in [0, 0.1) is 0 Å². The summed E-state index contributed by atoms with van der Waals surface area (Å²) in [7, 11) is 1.61. The molecule has 0 fully saturated rings. The standard InChI is InChI=1S/C24H28N6O2S/c1-4-29(5-2)14-6-13-26-23(32)18-11-12-19-20(15-18)33-24-27-21(28-30(19)24)16-7-9-17(10-8-16)22(31)25-3/h7-12,15H,4-6,13-14H2,1-3H3,(H,25,31)(H,26,32). The SMILES string of the molecule is CCN(CC)CCCNC(=O)c1ccc2c(c1)sc1nc(-c3ccc(C(=O)NC)cc3)nn12. The third kappa shape index (κ3) is 4.89. The number of nitrogens with one attached hydrogen (secondary N) is 2. The number of benzene rings is 2. The van der Waals surface area contributed by atoms with E-state index in [-0.39, 0.29) is 11.8 Å². The lowest BCUT2D eigenvalue weighted by Crippen LogP contribution is -2.29. The molecule has 2 aromatic carbocycles. The van der Waals surface area contributed by atoms with Crippen LogP contribution in [0.4, 0.5) is 0 Å². The van der Waals surface area contributed by atoms with Crippen LogP contribution >= 0.6 is 11.3 Å². The zero-order valence-electron chi connectivity index (χ0n) is 19.1. The maximum atomic E-state index is 12.6. The number of fused-ring (bicyclic) bond motifs is 3. The molecule has 0 aliphatic rings. The van der Waals surface area contributed by atoms with Crippen molar-refractivity contribution in [3.63, 3.8) is 0 Å². The zero-order valence-corrected chi connectivity index (χ0v) is 19.9. The van der Waals surface area contributed by atoms with E-state index in [2.05, 4.69) is 39.5 Å². The van der Waals surface area contributed by atoms with E-state index in [1.807, 2.05) is 30.3 Å². The molecule has 0 saturated heterocycles. The molecule has 9 heteroatoms. The summed E-state index contributed by atoms with van der Waals surface area (Å²) in [6.07, 6.45) is 0.930. The summed E-state index contributed by atoms with van der Waals surface area (Å²) in [5.74, 6) is 0.407. The van der Waals surface area contributed by atoms with Crippen molar-refractivity contribution < 1.29 is 9.59 Å². The number of carbonyl (C=O) groups is 2. The lowest BCUT2D eigenvalue weighted by atomic mass is 10.1. The van der Waals surface area contributed by atoms with Crippen molar-refractivity contribution in [1.29, 1.82) is 0 Å². The first-order chi connectivity index (χ1) is 16.0. The second-order valence-electron chi connectivity index (χ2n) is 7.71. The molecule has 2 heterocycles. The predicted molar refractivity (Wildman–Crippen MR) is 132 cm³/mol. The highest BCUT2D eigenvalue weighted by molar-refractivity contribution is 7.23. The number of hydrogen-bond donors (Lipinski definition) is 2. The van der Waals surface area contributed by atoms with Crippen molar-refractivity contribution in [3.8, 4) is 11.4 Å². The molecule has 0 radical (unpaired) electrons. The van der Waals surface area contributed by atoms with Crippen LogP contribution in [0.1, 0.15) is 41.0 Å². The highest BCUT2D eigenvalue weighted by Crippen LogP contribution is 2.28. The molecule has 4 rings (SSSR count). The van der Waals surface area contributed by atoms with Gasteiger partial charge in [0.05, 0.1) is 10.2 Å². The third-order valence-electron chi connectivity index (χ3n) is 5.69. The minimum Gasteiger partial charge on any atom is -0.355 e. The Morgan fingerprint density at radius 3 is 2.45 bits per heavy atom. The van der Waals surface area contributed by atoms with Gasteiger partial charge in [0.1, 0.15) is 0 Å². The Bertz CT molecular complexity index is 1270. The van der Waals surface area contributed by atoms with Crippen LogP contribution in [0.2, 0.25) is 0 Å². The maximum Gasteiger partial charge on any atom is 0.251 e. The third-order valence-corrected chi connectivity index (χ3v) is 6.69. The van der Waals surface area contributed by atoms with E-state index in [9.17, 15) is 9.59 Å². The Hall–Kier alpha value is -3.30. The maximum absolute atomic E-state index is 12.6. The van der Waals surface area contributed by atoms with Crippen LogP contribution < -0.4 is 10.6 Å². The molecule has 33 heavy (non-hydrogen) atoms. The van der Waals surface area contributed by atoms with E-state index in [1.165, 1.54) is 11.3 Å². The minimum absolute atomic E-state index is 0.0626. The normalized spacial score (nSPS) is 11.4. The molecule has 0 aliphatic heterocycles. The summed E-state index contributed by atoms with van der Waals surface area (Å²) in [4.78, 5) is 32.1. The first kappa shape index (κ1) is 22.9. The second-order valence-corrected chi connectivity index (χ2v) is 8.72. The van der Waals surface area contributed by atoms with Crippen LogP contribution in [0.3, 0.4) is 0 Å². The minimum atomic E-state index is -0.130. The van der Waals surface area contributed by atoms with Crippen LogP contribution in [0.25, 0.3) is 26.6 Å². The molecule has 4 aromatic rings. The van der Waals surface area contributed by atoms with Crippen molar-refractivity contribution in [3.05, 3.63) is 53.6 Å². The van der Waals surface area contributed by atoms with E-state index in [0.29, 0.717) is 23.5 Å². The molecule has 0 aliphatic carbocycles. The van der Waals surface area contributed by atoms with Crippen molar-refractivity contribution in [2.24, 2.45) is 0 Å². The Morgan fingerprint density at radius 1 is 1.03 bits per heavy atom. The fourth-order valence-electron chi connectivity index (χ4n) is 3.71. The average Bonchev–Trinajstić information content (AvgIpc) is 3.41. The van der Waals surface area contributed by atoms with Crippen molar-refractivity contribution >= 4 is 38.3 Å². The van der Waals surface area contributed by atoms with Gasteiger partial charge in [-0.15, -0.1) is 5.10 Å². The lowest BCUT2D eigenvalue weighted by Gasteiger charge is -2.17. The van der Waals surface area contributed by atoms with Crippen LogP contribution in [0.15, 0.2) is 42.5 Å². The lowest BCUT2D eigenvalue weighted by molar-refractivity contribution is 0.0947. The van der Waals surface area contributed by atoms with Gasteiger partial charge in [-0.1, -0.05) is 37.3 Å². The van der Waals surface area contributed by atoms with E-state index in [1.54, 1.807) is 23.7 Å². The summed E-state index contributed by atoms with van der Waals surface area (Å²) in [5.41, 5.74) is 2.98. The number of rotatable bonds is 9. The molecule has 8 nitrogen and oxygen atoms in total. The molecule has 0 unspecified atom stereocenters.